The van der Waals surface area contributed by atoms with Crippen LogP contribution in [0.1, 0.15) is 18.6 Å². The number of amides is 2. The van der Waals surface area contributed by atoms with Crippen molar-refractivity contribution in [1.29, 1.82) is 0 Å². The van der Waals surface area contributed by atoms with Crippen LogP contribution in [0.4, 0.5) is 5.69 Å². The lowest BCUT2D eigenvalue weighted by Crippen LogP contribution is -2.45. The van der Waals surface area contributed by atoms with Gasteiger partial charge in [-0.2, -0.15) is 0 Å². The Labute approximate surface area is 160 Å². The number of carbonyl (C=O) groups excluding carboxylic acids is 2. The minimum absolute atomic E-state index is 0.0593. The Hall–Kier alpha value is -1.87. The van der Waals surface area contributed by atoms with Crippen LogP contribution in [0.2, 0.25) is 0 Å². The average Bonchev–Trinajstić information content (AvgIpc) is 3.26. The van der Waals surface area contributed by atoms with Gasteiger partial charge in [0.2, 0.25) is 11.8 Å². The second-order valence-corrected chi connectivity index (χ2v) is 7.12. The standard InChI is InChI=1S/C18H20IN3O3/c19-14-6-1-2-7-15(14)21-17(23)12-22-9-3-8-16(22)18(24)20-11-13-5-4-10-25-13/h1-2,4-7,10,16H,3,8-9,11-12H2,(H,20,24)(H,21,23)/t16-/m1/s1. The third kappa shape index (κ3) is 4.82. The molecular formula is C18H20IN3O3. The number of rotatable bonds is 6. The van der Waals surface area contributed by atoms with Gasteiger partial charge in [-0.3, -0.25) is 14.5 Å². The van der Waals surface area contributed by atoms with Gasteiger partial charge in [-0.1, -0.05) is 12.1 Å². The largest absolute Gasteiger partial charge is 0.467 e. The van der Waals surface area contributed by atoms with E-state index in [-0.39, 0.29) is 24.4 Å². The summed E-state index contributed by atoms with van der Waals surface area (Å²) in [4.78, 5) is 26.7. The van der Waals surface area contributed by atoms with Crippen molar-refractivity contribution in [2.45, 2.75) is 25.4 Å². The van der Waals surface area contributed by atoms with Gasteiger partial charge in [-0.05, 0) is 66.2 Å². The van der Waals surface area contributed by atoms with Crippen molar-refractivity contribution >= 4 is 40.1 Å². The maximum absolute atomic E-state index is 12.4. The molecule has 25 heavy (non-hydrogen) atoms. The van der Waals surface area contributed by atoms with Crippen LogP contribution in [0.15, 0.2) is 47.1 Å². The normalized spacial score (nSPS) is 17.4. The van der Waals surface area contributed by atoms with Crippen molar-refractivity contribution in [3.05, 3.63) is 52.0 Å². The summed E-state index contributed by atoms with van der Waals surface area (Å²) in [6.07, 6.45) is 3.26. The van der Waals surface area contributed by atoms with Gasteiger partial charge in [0.1, 0.15) is 5.76 Å². The molecule has 0 aliphatic carbocycles. The van der Waals surface area contributed by atoms with Crippen LogP contribution in [0.3, 0.4) is 0 Å². The number of benzene rings is 1. The summed E-state index contributed by atoms with van der Waals surface area (Å²) in [5, 5.41) is 5.80. The van der Waals surface area contributed by atoms with Gasteiger partial charge < -0.3 is 15.1 Å². The molecule has 0 bridgehead atoms. The molecule has 1 aromatic heterocycles. The fourth-order valence-corrected chi connectivity index (χ4v) is 3.48. The van der Waals surface area contributed by atoms with E-state index in [2.05, 4.69) is 33.2 Å². The molecule has 1 saturated heterocycles. The van der Waals surface area contributed by atoms with E-state index in [9.17, 15) is 9.59 Å². The van der Waals surface area contributed by atoms with Gasteiger partial charge in [-0.25, -0.2) is 0 Å². The monoisotopic (exact) mass is 453 g/mol. The fraction of sp³-hybridized carbons (Fsp3) is 0.333. The first-order chi connectivity index (χ1) is 12.1. The number of para-hydroxylation sites is 1. The molecule has 2 heterocycles. The molecule has 2 amide bonds. The van der Waals surface area contributed by atoms with Crippen LogP contribution >= 0.6 is 22.6 Å². The highest BCUT2D eigenvalue weighted by Gasteiger charge is 2.31. The highest BCUT2D eigenvalue weighted by molar-refractivity contribution is 14.1. The topological polar surface area (TPSA) is 74.6 Å². The number of furan rings is 1. The Morgan fingerprint density at radius 2 is 2.08 bits per heavy atom. The molecule has 1 aliphatic rings. The Kier molecular flexibility index (Phi) is 6.09. The van der Waals surface area contributed by atoms with Crippen LogP contribution in [0.5, 0.6) is 0 Å². The SMILES string of the molecule is O=C(CN1CCC[C@@H]1C(=O)NCc1ccco1)Nc1ccccc1I. The van der Waals surface area contributed by atoms with E-state index in [0.717, 1.165) is 28.6 Å². The molecule has 1 fully saturated rings. The van der Waals surface area contributed by atoms with E-state index >= 15 is 0 Å². The Balaban J connectivity index is 1.53. The first kappa shape index (κ1) is 17.9. The molecule has 0 unspecified atom stereocenters. The van der Waals surface area contributed by atoms with Crippen LogP contribution < -0.4 is 10.6 Å². The number of nitrogens with zero attached hydrogens (tertiary/aromatic N) is 1. The van der Waals surface area contributed by atoms with E-state index in [1.165, 1.54) is 0 Å². The molecule has 0 radical (unpaired) electrons. The zero-order valence-corrected chi connectivity index (χ0v) is 15.9. The molecule has 1 aliphatic heterocycles. The lowest BCUT2D eigenvalue weighted by molar-refractivity contribution is -0.126. The Morgan fingerprint density at radius 3 is 2.84 bits per heavy atom. The highest BCUT2D eigenvalue weighted by atomic mass is 127. The van der Waals surface area contributed by atoms with E-state index in [0.29, 0.717) is 12.3 Å². The van der Waals surface area contributed by atoms with Crippen molar-refractivity contribution in [2.75, 3.05) is 18.4 Å². The first-order valence-electron chi connectivity index (χ1n) is 8.22. The molecule has 1 atom stereocenters. The molecule has 0 spiro atoms. The van der Waals surface area contributed by atoms with Gasteiger partial charge in [0.25, 0.3) is 0 Å². The maximum atomic E-state index is 12.4. The molecule has 1 aromatic carbocycles. The quantitative estimate of drug-likeness (QED) is 0.660. The second-order valence-electron chi connectivity index (χ2n) is 5.95. The van der Waals surface area contributed by atoms with Crippen molar-refractivity contribution < 1.29 is 14.0 Å². The van der Waals surface area contributed by atoms with Gasteiger partial charge in [0.15, 0.2) is 0 Å². The highest BCUT2D eigenvalue weighted by Crippen LogP contribution is 2.19. The van der Waals surface area contributed by atoms with E-state index in [4.69, 9.17) is 4.42 Å². The third-order valence-electron chi connectivity index (χ3n) is 4.18. The molecule has 6 nitrogen and oxygen atoms in total. The van der Waals surface area contributed by atoms with Crippen LogP contribution in [-0.4, -0.2) is 35.8 Å². The van der Waals surface area contributed by atoms with Gasteiger partial charge in [0.05, 0.1) is 31.1 Å². The van der Waals surface area contributed by atoms with Gasteiger partial charge in [0, 0.05) is 3.57 Å². The van der Waals surface area contributed by atoms with Gasteiger partial charge in [-0.15, -0.1) is 0 Å². The van der Waals surface area contributed by atoms with Crippen molar-refractivity contribution in [3.8, 4) is 0 Å². The number of hydrogen-bond donors (Lipinski definition) is 2. The molecule has 132 valence electrons. The molecule has 0 saturated carbocycles. The zero-order valence-electron chi connectivity index (χ0n) is 13.7. The minimum Gasteiger partial charge on any atom is -0.467 e. The predicted octanol–water partition coefficient (Wildman–Crippen LogP) is 2.60. The lowest BCUT2D eigenvalue weighted by atomic mass is 10.2. The summed E-state index contributed by atoms with van der Waals surface area (Å²) >= 11 is 2.19. The molecule has 7 heteroatoms. The van der Waals surface area contributed by atoms with Gasteiger partial charge >= 0.3 is 0 Å². The Bertz CT molecular complexity index is 733. The smallest absolute Gasteiger partial charge is 0.238 e. The van der Waals surface area contributed by atoms with Crippen LogP contribution in [0, 0.1) is 3.57 Å². The lowest BCUT2D eigenvalue weighted by Gasteiger charge is -2.23. The molecule has 3 rings (SSSR count). The number of nitrogens with one attached hydrogen (secondary N) is 2. The molecular weight excluding hydrogens is 433 g/mol. The summed E-state index contributed by atoms with van der Waals surface area (Å²) in [6, 6.07) is 11.0. The first-order valence-corrected chi connectivity index (χ1v) is 9.30. The van der Waals surface area contributed by atoms with Crippen LogP contribution in [0.25, 0.3) is 0 Å². The number of halogens is 1. The Morgan fingerprint density at radius 1 is 1.24 bits per heavy atom. The predicted molar refractivity (Wildman–Crippen MR) is 103 cm³/mol. The number of likely N-dealkylation sites (tertiary alicyclic amines) is 1. The van der Waals surface area contributed by atoms with Crippen molar-refractivity contribution in [1.82, 2.24) is 10.2 Å². The molecule has 2 N–H and O–H groups in total. The second kappa shape index (κ2) is 8.48. The number of carbonyl (C=O) groups is 2. The van der Waals surface area contributed by atoms with E-state index in [1.54, 1.807) is 12.3 Å². The van der Waals surface area contributed by atoms with Crippen molar-refractivity contribution in [2.24, 2.45) is 0 Å². The van der Waals surface area contributed by atoms with Crippen LogP contribution in [-0.2, 0) is 16.1 Å². The minimum atomic E-state index is -0.268. The summed E-state index contributed by atoms with van der Waals surface area (Å²) in [5.41, 5.74) is 0.797. The zero-order chi connectivity index (χ0) is 17.6. The maximum Gasteiger partial charge on any atom is 0.238 e. The average molecular weight is 453 g/mol. The third-order valence-corrected chi connectivity index (χ3v) is 5.12. The fourth-order valence-electron chi connectivity index (χ4n) is 2.95. The molecule has 2 aromatic rings. The van der Waals surface area contributed by atoms with E-state index < -0.39 is 0 Å². The van der Waals surface area contributed by atoms with Crippen molar-refractivity contribution in [3.63, 3.8) is 0 Å². The summed E-state index contributed by atoms with van der Waals surface area (Å²) in [6.45, 7) is 1.33. The van der Waals surface area contributed by atoms with E-state index in [1.807, 2.05) is 35.2 Å². The number of anilines is 1. The summed E-state index contributed by atoms with van der Waals surface area (Å²) < 4.78 is 6.21. The summed E-state index contributed by atoms with van der Waals surface area (Å²) in [5.74, 6) is 0.556. The number of hydrogen-bond acceptors (Lipinski definition) is 4. The summed E-state index contributed by atoms with van der Waals surface area (Å²) in [7, 11) is 0.